The molecule has 0 saturated heterocycles. The molecule has 1 N–H and O–H groups in total. The fourth-order valence-electron chi connectivity index (χ4n) is 3.16. The van der Waals surface area contributed by atoms with Gasteiger partial charge in [0.25, 0.3) is 0 Å². The van der Waals surface area contributed by atoms with Crippen molar-refractivity contribution >= 4 is 22.4 Å². The number of hydrogen-bond acceptors (Lipinski definition) is 5. The number of likely N-dealkylation sites (N-methyl/N-ethyl adjacent to an activating group) is 1. The molecule has 112 valence electrons. The molecular weight excluding hydrogens is 284 g/mol. The Hall–Kier alpha value is -1.45. The smallest absolute Gasteiger partial charge is 0.246 e. The van der Waals surface area contributed by atoms with Crippen LogP contribution in [0.5, 0.6) is 0 Å². The minimum Gasteiger partial charge on any atom is -0.301 e. The van der Waals surface area contributed by atoms with Crippen molar-refractivity contribution in [3.63, 3.8) is 0 Å². The van der Waals surface area contributed by atoms with Crippen LogP contribution in [0.4, 0.5) is 5.13 Å². The monoisotopic (exact) mass is 304 g/mol. The number of amides is 1. The molecule has 1 aromatic heterocycles. The van der Waals surface area contributed by atoms with E-state index in [1.807, 2.05) is 0 Å². The summed E-state index contributed by atoms with van der Waals surface area (Å²) in [6.45, 7) is 5.15. The lowest BCUT2D eigenvalue weighted by molar-refractivity contribution is -0.122. The van der Waals surface area contributed by atoms with E-state index < -0.39 is 5.41 Å². The quantitative estimate of drug-likeness (QED) is 0.931. The Balaban J connectivity index is 1.73. The Morgan fingerprint density at radius 2 is 2.29 bits per heavy atom. The van der Waals surface area contributed by atoms with Crippen molar-refractivity contribution in [2.75, 3.05) is 18.4 Å². The van der Waals surface area contributed by atoms with Crippen LogP contribution in [0.2, 0.25) is 0 Å². The maximum atomic E-state index is 12.4. The van der Waals surface area contributed by atoms with Crippen molar-refractivity contribution in [2.45, 2.75) is 45.6 Å². The number of hydrogen-bond donors (Lipinski definition) is 1. The first-order chi connectivity index (χ1) is 10.2. The molecule has 0 spiro atoms. The predicted molar refractivity (Wildman–Crippen MR) is 81.9 cm³/mol. The van der Waals surface area contributed by atoms with Crippen LogP contribution in [0, 0.1) is 16.7 Å². The lowest BCUT2D eigenvalue weighted by Gasteiger charge is -2.23. The SMILES string of the molecule is CCN1CCc2nc(NC(=O)C3(C#N)CCCC3)sc2C1. The summed E-state index contributed by atoms with van der Waals surface area (Å²) >= 11 is 1.56. The first-order valence-corrected chi connectivity index (χ1v) is 8.42. The van der Waals surface area contributed by atoms with Gasteiger partial charge in [-0.25, -0.2) is 4.98 Å². The highest BCUT2D eigenvalue weighted by atomic mass is 32.1. The average Bonchev–Trinajstić information content (AvgIpc) is 3.13. The van der Waals surface area contributed by atoms with Gasteiger partial charge in [-0.15, -0.1) is 11.3 Å². The molecule has 1 aliphatic heterocycles. The van der Waals surface area contributed by atoms with Gasteiger partial charge in [-0.05, 0) is 19.4 Å². The number of carbonyl (C=O) groups excluding carboxylic acids is 1. The van der Waals surface area contributed by atoms with Gasteiger partial charge in [-0.3, -0.25) is 9.69 Å². The van der Waals surface area contributed by atoms with Crippen molar-refractivity contribution < 1.29 is 4.79 Å². The molecule has 0 aromatic carbocycles. The van der Waals surface area contributed by atoms with Crippen molar-refractivity contribution in [3.8, 4) is 6.07 Å². The second kappa shape index (κ2) is 5.74. The lowest BCUT2D eigenvalue weighted by Crippen LogP contribution is -2.32. The standard InChI is InChI=1S/C15H20N4OS/c1-2-19-8-5-11-12(9-19)21-14(17-11)18-13(20)15(10-16)6-3-4-7-15/h2-9H2,1H3,(H,17,18,20). The average molecular weight is 304 g/mol. The van der Waals surface area contributed by atoms with Gasteiger partial charge in [-0.2, -0.15) is 5.26 Å². The molecule has 1 amide bonds. The van der Waals surface area contributed by atoms with Crippen molar-refractivity contribution in [1.82, 2.24) is 9.88 Å². The Kier molecular flexibility index (Phi) is 3.96. The second-order valence-electron chi connectivity index (χ2n) is 5.86. The number of aromatic nitrogens is 1. The summed E-state index contributed by atoms with van der Waals surface area (Å²) in [4.78, 5) is 20.6. The number of nitriles is 1. The highest BCUT2D eigenvalue weighted by Gasteiger charge is 2.42. The molecule has 5 nitrogen and oxygen atoms in total. The highest BCUT2D eigenvalue weighted by Crippen LogP contribution is 2.39. The molecule has 1 aromatic rings. The van der Waals surface area contributed by atoms with Gasteiger partial charge in [0.15, 0.2) is 5.13 Å². The van der Waals surface area contributed by atoms with E-state index in [-0.39, 0.29) is 5.91 Å². The molecule has 0 bridgehead atoms. The fraction of sp³-hybridized carbons (Fsp3) is 0.667. The molecule has 0 unspecified atom stereocenters. The first-order valence-electron chi connectivity index (χ1n) is 7.60. The van der Waals surface area contributed by atoms with Crippen LogP contribution < -0.4 is 5.32 Å². The molecule has 0 atom stereocenters. The zero-order valence-corrected chi connectivity index (χ0v) is 13.1. The minimum absolute atomic E-state index is 0.166. The summed E-state index contributed by atoms with van der Waals surface area (Å²) in [6, 6.07) is 2.23. The minimum atomic E-state index is -0.832. The Bertz CT molecular complexity index is 583. The largest absolute Gasteiger partial charge is 0.301 e. The van der Waals surface area contributed by atoms with Gasteiger partial charge >= 0.3 is 0 Å². The van der Waals surface area contributed by atoms with Gasteiger partial charge in [0.05, 0.1) is 11.8 Å². The summed E-state index contributed by atoms with van der Waals surface area (Å²) in [5, 5.41) is 12.9. The van der Waals surface area contributed by atoms with Gasteiger partial charge in [0.1, 0.15) is 5.41 Å². The normalized spacial score (nSPS) is 20.8. The summed E-state index contributed by atoms with van der Waals surface area (Å²) in [7, 11) is 0. The number of nitrogens with one attached hydrogen (secondary N) is 1. The Morgan fingerprint density at radius 3 is 2.95 bits per heavy atom. The van der Waals surface area contributed by atoms with E-state index in [0.717, 1.165) is 44.6 Å². The summed E-state index contributed by atoms with van der Waals surface area (Å²) in [5.41, 5.74) is 0.277. The van der Waals surface area contributed by atoms with E-state index in [9.17, 15) is 10.1 Å². The third-order valence-electron chi connectivity index (χ3n) is 4.58. The number of nitrogens with zero attached hydrogens (tertiary/aromatic N) is 3. The highest BCUT2D eigenvalue weighted by molar-refractivity contribution is 7.15. The first kappa shape index (κ1) is 14.5. The van der Waals surface area contributed by atoms with E-state index in [4.69, 9.17) is 0 Å². The van der Waals surface area contributed by atoms with Crippen molar-refractivity contribution in [2.24, 2.45) is 5.41 Å². The predicted octanol–water partition coefficient (Wildman–Crippen LogP) is 2.54. The molecular formula is C15H20N4OS. The zero-order valence-electron chi connectivity index (χ0n) is 12.3. The molecule has 3 rings (SSSR count). The van der Waals surface area contributed by atoms with Crippen LogP contribution >= 0.6 is 11.3 Å². The van der Waals surface area contributed by atoms with E-state index in [2.05, 4.69) is 28.2 Å². The van der Waals surface area contributed by atoms with Crippen molar-refractivity contribution in [1.29, 1.82) is 5.26 Å². The van der Waals surface area contributed by atoms with E-state index in [1.165, 1.54) is 4.88 Å². The van der Waals surface area contributed by atoms with E-state index in [1.54, 1.807) is 11.3 Å². The molecule has 2 aliphatic rings. The van der Waals surface area contributed by atoms with Crippen LogP contribution in [-0.4, -0.2) is 28.9 Å². The van der Waals surface area contributed by atoms with Gasteiger partial charge in [-0.1, -0.05) is 19.8 Å². The maximum Gasteiger partial charge on any atom is 0.246 e. The maximum absolute atomic E-state index is 12.4. The number of carbonyl (C=O) groups is 1. The van der Waals surface area contributed by atoms with E-state index in [0.29, 0.717) is 18.0 Å². The van der Waals surface area contributed by atoms with Crippen LogP contribution in [0.3, 0.4) is 0 Å². The lowest BCUT2D eigenvalue weighted by atomic mass is 9.87. The van der Waals surface area contributed by atoms with Crippen LogP contribution in [-0.2, 0) is 17.8 Å². The number of fused-ring (bicyclic) bond motifs is 1. The molecule has 2 heterocycles. The molecule has 6 heteroatoms. The number of anilines is 1. The Labute approximate surface area is 129 Å². The number of thiazole rings is 1. The third-order valence-corrected chi connectivity index (χ3v) is 5.58. The summed E-state index contributed by atoms with van der Waals surface area (Å²) < 4.78 is 0. The zero-order chi connectivity index (χ0) is 14.9. The van der Waals surface area contributed by atoms with Gasteiger partial charge in [0.2, 0.25) is 5.91 Å². The second-order valence-corrected chi connectivity index (χ2v) is 6.95. The fourth-order valence-corrected chi connectivity index (χ4v) is 4.20. The van der Waals surface area contributed by atoms with Crippen LogP contribution in [0.25, 0.3) is 0 Å². The Morgan fingerprint density at radius 1 is 1.52 bits per heavy atom. The molecule has 21 heavy (non-hydrogen) atoms. The van der Waals surface area contributed by atoms with Gasteiger partial charge < -0.3 is 5.32 Å². The topological polar surface area (TPSA) is 69.0 Å². The van der Waals surface area contributed by atoms with Crippen LogP contribution in [0.1, 0.15) is 43.2 Å². The summed E-state index contributed by atoms with van der Waals surface area (Å²) in [5.74, 6) is -0.166. The van der Waals surface area contributed by atoms with Gasteiger partial charge in [0, 0.05) is 24.4 Å². The van der Waals surface area contributed by atoms with E-state index >= 15 is 0 Å². The summed E-state index contributed by atoms with van der Waals surface area (Å²) in [6.07, 6.45) is 4.20. The molecule has 1 fully saturated rings. The molecule has 0 radical (unpaired) electrons. The van der Waals surface area contributed by atoms with Crippen molar-refractivity contribution in [3.05, 3.63) is 10.6 Å². The molecule has 1 aliphatic carbocycles. The number of rotatable bonds is 3. The van der Waals surface area contributed by atoms with Crippen LogP contribution in [0.15, 0.2) is 0 Å². The third kappa shape index (κ3) is 2.68. The molecule has 1 saturated carbocycles.